The number of nitrogens with zero attached hydrogens (tertiary/aromatic N) is 3. The molecule has 0 unspecified atom stereocenters. The number of nitrogens with one attached hydrogen (secondary N) is 1. The number of aryl methyl sites for hydroxylation is 1. The molecule has 1 aliphatic rings. The number of halogens is 2. The summed E-state index contributed by atoms with van der Waals surface area (Å²) in [6.07, 6.45) is 0. The Labute approximate surface area is 195 Å². The normalized spacial score (nSPS) is 15.0. The van der Waals surface area contributed by atoms with E-state index in [-0.39, 0.29) is 28.6 Å². The molecule has 0 radical (unpaired) electrons. The highest BCUT2D eigenvalue weighted by Gasteiger charge is 2.28. The van der Waals surface area contributed by atoms with E-state index >= 15 is 0 Å². The number of carbonyl (C=O) groups is 1. The Balaban J connectivity index is 1.64. The zero-order chi connectivity index (χ0) is 22.9. The van der Waals surface area contributed by atoms with Crippen LogP contribution in [0.5, 0.6) is 0 Å². The first kappa shape index (κ1) is 22.8. The summed E-state index contributed by atoms with van der Waals surface area (Å²) in [5.74, 6) is -0.163. The highest BCUT2D eigenvalue weighted by molar-refractivity contribution is 7.89. The largest absolute Gasteiger partial charge is 0.379 e. The topological polar surface area (TPSA) is 93.5 Å². The maximum atomic E-state index is 13.1. The molecular formula is C21H20Cl2N4O4S. The van der Waals surface area contributed by atoms with Gasteiger partial charge in [0.15, 0.2) is 0 Å². The quantitative estimate of drug-likeness (QED) is 0.582. The Kier molecular flexibility index (Phi) is 6.55. The predicted molar refractivity (Wildman–Crippen MR) is 122 cm³/mol. The van der Waals surface area contributed by atoms with E-state index in [1.807, 2.05) is 0 Å². The highest BCUT2D eigenvalue weighted by Crippen LogP contribution is 2.26. The van der Waals surface area contributed by atoms with E-state index in [0.717, 1.165) is 0 Å². The van der Waals surface area contributed by atoms with E-state index in [4.69, 9.17) is 27.9 Å². The van der Waals surface area contributed by atoms with E-state index in [1.54, 1.807) is 41.9 Å². The zero-order valence-corrected chi connectivity index (χ0v) is 19.4. The Bertz CT molecular complexity index is 1270. The lowest BCUT2D eigenvalue weighted by molar-refractivity contribution is 0.0730. The minimum absolute atomic E-state index is 0.00604. The molecule has 0 bridgehead atoms. The molecule has 8 nitrogen and oxygen atoms in total. The SMILES string of the molecule is Cc1cc(NC(=O)c2cc(S(=O)(=O)N3CCOCC3)ccc2Cl)n(-c2cccc(Cl)c2)n1. The van der Waals surface area contributed by atoms with Crippen LogP contribution in [0.3, 0.4) is 0 Å². The smallest absolute Gasteiger partial charge is 0.258 e. The van der Waals surface area contributed by atoms with Crippen LogP contribution in [0.15, 0.2) is 53.4 Å². The molecule has 1 aromatic heterocycles. The molecule has 2 aromatic carbocycles. The van der Waals surface area contributed by atoms with Gasteiger partial charge in [0.2, 0.25) is 10.0 Å². The number of ether oxygens (including phenoxy) is 1. The molecule has 32 heavy (non-hydrogen) atoms. The maximum Gasteiger partial charge on any atom is 0.258 e. The van der Waals surface area contributed by atoms with Crippen LogP contribution in [0.2, 0.25) is 10.0 Å². The van der Waals surface area contributed by atoms with Gasteiger partial charge in [-0.15, -0.1) is 0 Å². The third kappa shape index (κ3) is 4.67. The van der Waals surface area contributed by atoms with Crippen LogP contribution in [-0.4, -0.2) is 54.7 Å². The first-order valence-electron chi connectivity index (χ1n) is 9.77. The Hall–Kier alpha value is -2.43. The van der Waals surface area contributed by atoms with Crippen LogP contribution < -0.4 is 5.32 Å². The van der Waals surface area contributed by atoms with Crippen molar-refractivity contribution in [3.63, 3.8) is 0 Å². The minimum Gasteiger partial charge on any atom is -0.379 e. The Morgan fingerprint density at radius 3 is 2.56 bits per heavy atom. The lowest BCUT2D eigenvalue weighted by atomic mass is 10.2. The molecule has 1 saturated heterocycles. The van der Waals surface area contributed by atoms with Gasteiger partial charge in [0.05, 0.1) is 40.1 Å². The Morgan fingerprint density at radius 1 is 1.09 bits per heavy atom. The Morgan fingerprint density at radius 2 is 1.84 bits per heavy atom. The first-order valence-corrected chi connectivity index (χ1v) is 12.0. The van der Waals surface area contributed by atoms with Crippen molar-refractivity contribution < 1.29 is 17.9 Å². The summed E-state index contributed by atoms with van der Waals surface area (Å²) < 4.78 is 34.1. The van der Waals surface area contributed by atoms with Gasteiger partial charge in [-0.25, -0.2) is 13.1 Å². The maximum absolute atomic E-state index is 13.1. The summed E-state index contributed by atoms with van der Waals surface area (Å²) in [6, 6.07) is 12.8. The number of carbonyl (C=O) groups excluding carboxylic acids is 1. The average molecular weight is 495 g/mol. The van der Waals surface area contributed by atoms with Gasteiger partial charge in [-0.1, -0.05) is 29.3 Å². The number of rotatable bonds is 5. The van der Waals surface area contributed by atoms with E-state index < -0.39 is 15.9 Å². The fourth-order valence-corrected chi connectivity index (χ4v) is 5.17. The first-order chi connectivity index (χ1) is 15.3. The molecule has 168 valence electrons. The van der Waals surface area contributed by atoms with Gasteiger partial charge >= 0.3 is 0 Å². The summed E-state index contributed by atoms with van der Waals surface area (Å²) in [7, 11) is -3.78. The van der Waals surface area contributed by atoms with Crippen molar-refractivity contribution in [2.24, 2.45) is 0 Å². The summed E-state index contributed by atoms with van der Waals surface area (Å²) in [5.41, 5.74) is 1.38. The van der Waals surface area contributed by atoms with Gasteiger partial charge < -0.3 is 10.1 Å². The highest BCUT2D eigenvalue weighted by atomic mass is 35.5. The van der Waals surface area contributed by atoms with Gasteiger partial charge in [-0.3, -0.25) is 4.79 Å². The number of aromatic nitrogens is 2. The summed E-state index contributed by atoms with van der Waals surface area (Å²) >= 11 is 12.3. The molecule has 0 spiro atoms. The van der Waals surface area contributed by atoms with Gasteiger partial charge in [-0.2, -0.15) is 9.40 Å². The molecule has 1 aliphatic heterocycles. The van der Waals surface area contributed by atoms with E-state index in [9.17, 15) is 13.2 Å². The van der Waals surface area contributed by atoms with Crippen LogP contribution in [0.4, 0.5) is 5.82 Å². The molecule has 11 heteroatoms. The molecule has 4 rings (SSSR count). The second-order valence-electron chi connectivity index (χ2n) is 7.17. The zero-order valence-electron chi connectivity index (χ0n) is 17.1. The number of hydrogen-bond donors (Lipinski definition) is 1. The monoisotopic (exact) mass is 494 g/mol. The van der Waals surface area contributed by atoms with Crippen LogP contribution in [0.25, 0.3) is 5.69 Å². The van der Waals surface area contributed by atoms with Crippen molar-refractivity contribution in [3.05, 3.63) is 69.8 Å². The molecule has 1 N–H and O–H groups in total. The number of hydrogen-bond acceptors (Lipinski definition) is 5. The fraction of sp³-hybridized carbons (Fsp3) is 0.238. The number of anilines is 1. The second-order valence-corrected chi connectivity index (χ2v) is 9.96. The standard InChI is InChI=1S/C21H20Cl2N4O4S/c1-14-11-20(27(25-14)16-4-2-3-15(22)12-16)24-21(28)18-13-17(5-6-19(18)23)32(29,30)26-7-9-31-10-8-26/h2-6,11-13H,7-10H2,1H3,(H,24,28). The summed E-state index contributed by atoms with van der Waals surface area (Å²) in [6.45, 7) is 2.95. The fourth-order valence-electron chi connectivity index (χ4n) is 3.35. The van der Waals surface area contributed by atoms with Gasteiger partial charge in [0.25, 0.3) is 5.91 Å². The second kappa shape index (κ2) is 9.21. The predicted octanol–water partition coefficient (Wildman–Crippen LogP) is 3.76. The van der Waals surface area contributed by atoms with E-state index in [1.165, 1.54) is 22.5 Å². The van der Waals surface area contributed by atoms with Gasteiger partial charge in [0, 0.05) is 24.2 Å². The van der Waals surface area contributed by atoms with Crippen LogP contribution >= 0.6 is 23.2 Å². The lowest BCUT2D eigenvalue weighted by Crippen LogP contribution is -2.40. The molecule has 1 fully saturated rings. The number of amides is 1. The van der Waals surface area contributed by atoms with Crippen molar-refractivity contribution in [1.82, 2.24) is 14.1 Å². The van der Waals surface area contributed by atoms with Crippen LogP contribution in [0, 0.1) is 6.92 Å². The van der Waals surface area contributed by atoms with E-state index in [0.29, 0.717) is 35.4 Å². The van der Waals surface area contributed by atoms with Crippen molar-refractivity contribution in [2.75, 3.05) is 31.6 Å². The molecular weight excluding hydrogens is 475 g/mol. The van der Waals surface area contributed by atoms with Crippen molar-refractivity contribution in [2.45, 2.75) is 11.8 Å². The van der Waals surface area contributed by atoms with E-state index in [2.05, 4.69) is 10.4 Å². The minimum atomic E-state index is -3.78. The number of benzene rings is 2. The number of morpholine rings is 1. The van der Waals surface area contributed by atoms with Crippen LogP contribution in [0.1, 0.15) is 16.1 Å². The van der Waals surface area contributed by atoms with Crippen molar-refractivity contribution in [3.8, 4) is 5.69 Å². The molecule has 3 aromatic rings. The number of sulfonamides is 1. The van der Waals surface area contributed by atoms with Gasteiger partial charge in [0.1, 0.15) is 5.82 Å². The third-order valence-electron chi connectivity index (χ3n) is 4.92. The lowest BCUT2D eigenvalue weighted by Gasteiger charge is -2.26. The molecule has 2 heterocycles. The molecule has 0 aliphatic carbocycles. The molecule has 0 saturated carbocycles. The molecule has 0 atom stereocenters. The van der Waals surface area contributed by atoms with Crippen molar-refractivity contribution in [1.29, 1.82) is 0 Å². The average Bonchev–Trinajstić information content (AvgIpc) is 3.14. The van der Waals surface area contributed by atoms with Crippen molar-refractivity contribution >= 4 is 45.0 Å². The summed E-state index contributed by atoms with van der Waals surface area (Å²) in [5, 5.41) is 7.83. The van der Waals surface area contributed by atoms with Gasteiger partial charge in [-0.05, 0) is 43.3 Å². The molecule has 1 amide bonds. The van der Waals surface area contributed by atoms with Crippen LogP contribution in [-0.2, 0) is 14.8 Å². The third-order valence-corrected chi connectivity index (χ3v) is 7.38. The summed E-state index contributed by atoms with van der Waals surface area (Å²) in [4.78, 5) is 13.1.